The standard InChI is InChI=1S/C18H24N4O2S/c1-3-4-7-20-17(23)10-22-9-12(2)24-16-6-5-13(8-15(16)22)14-11-25-18(19)21-14/h5-6,8,11-12H,3-4,7,9-10H2,1-2H3,(H2,19,21)(H,20,23). The van der Waals surface area contributed by atoms with E-state index in [-0.39, 0.29) is 12.0 Å². The van der Waals surface area contributed by atoms with Crippen LogP contribution in [0.4, 0.5) is 10.8 Å². The fraction of sp³-hybridized carbons (Fsp3) is 0.444. The normalized spacial score (nSPS) is 16.2. The summed E-state index contributed by atoms with van der Waals surface area (Å²) in [6.45, 7) is 5.85. The van der Waals surface area contributed by atoms with Crippen LogP contribution in [0.2, 0.25) is 0 Å². The van der Waals surface area contributed by atoms with Crippen molar-refractivity contribution in [3.63, 3.8) is 0 Å². The number of hydrogen-bond donors (Lipinski definition) is 2. The molecule has 1 aliphatic heterocycles. The second-order valence-electron chi connectivity index (χ2n) is 6.27. The Bertz CT molecular complexity index is 746. The molecule has 1 unspecified atom stereocenters. The minimum absolute atomic E-state index is 0.0386. The molecule has 0 saturated carbocycles. The average molecular weight is 360 g/mol. The number of thiazole rings is 1. The summed E-state index contributed by atoms with van der Waals surface area (Å²) in [5.41, 5.74) is 8.48. The van der Waals surface area contributed by atoms with E-state index in [9.17, 15) is 4.79 Å². The predicted molar refractivity (Wildman–Crippen MR) is 102 cm³/mol. The van der Waals surface area contributed by atoms with Crippen LogP contribution in [-0.2, 0) is 4.79 Å². The average Bonchev–Trinajstić information content (AvgIpc) is 3.01. The third kappa shape index (κ3) is 4.22. The van der Waals surface area contributed by atoms with E-state index in [2.05, 4.69) is 22.1 Å². The molecule has 0 spiro atoms. The summed E-state index contributed by atoms with van der Waals surface area (Å²) >= 11 is 1.42. The molecule has 2 heterocycles. The summed E-state index contributed by atoms with van der Waals surface area (Å²) in [6.07, 6.45) is 2.10. The lowest BCUT2D eigenvalue weighted by atomic mass is 10.1. The highest BCUT2D eigenvalue weighted by atomic mass is 32.1. The van der Waals surface area contributed by atoms with Gasteiger partial charge in [-0.25, -0.2) is 4.98 Å². The number of nitrogens with one attached hydrogen (secondary N) is 1. The van der Waals surface area contributed by atoms with E-state index in [1.54, 1.807) is 0 Å². The molecule has 0 aliphatic carbocycles. The number of nitrogens with zero attached hydrogens (tertiary/aromatic N) is 2. The summed E-state index contributed by atoms with van der Waals surface area (Å²) < 4.78 is 5.92. The summed E-state index contributed by atoms with van der Waals surface area (Å²) in [7, 11) is 0. The lowest BCUT2D eigenvalue weighted by Gasteiger charge is -2.34. The topological polar surface area (TPSA) is 80.5 Å². The summed E-state index contributed by atoms with van der Waals surface area (Å²) in [5, 5.41) is 5.46. The number of nitrogens with two attached hydrogens (primary N) is 1. The molecule has 1 aromatic carbocycles. The number of aromatic nitrogens is 1. The number of carbonyl (C=O) groups excluding carboxylic acids is 1. The van der Waals surface area contributed by atoms with Gasteiger partial charge in [0.2, 0.25) is 5.91 Å². The van der Waals surface area contributed by atoms with Gasteiger partial charge >= 0.3 is 0 Å². The maximum atomic E-state index is 12.2. The van der Waals surface area contributed by atoms with Crippen LogP contribution in [0.15, 0.2) is 23.6 Å². The molecule has 2 aromatic rings. The van der Waals surface area contributed by atoms with Crippen LogP contribution in [0, 0.1) is 0 Å². The van der Waals surface area contributed by atoms with Gasteiger partial charge < -0.3 is 20.7 Å². The van der Waals surface area contributed by atoms with E-state index < -0.39 is 0 Å². The van der Waals surface area contributed by atoms with Gasteiger partial charge in [-0.1, -0.05) is 13.3 Å². The highest BCUT2D eigenvalue weighted by molar-refractivity contribution is 7.13. The molecule has 0 fully saturated rings. The highest BCUT2D eigenvalue weighted by Crippen LogP contribution is 2.37. The lowest BCUT2D eigenvalue weighted by Crippen LogP contribution is -2.44. The van der Waals surface area contributed by atoms with Crippen molar-refractivity contribution in [3.8, 4) is 17.0 Å². The molecule has 134 valence electrons. The fourth-order valence-corrected chi connectivity index (χ4v) is 3.46. The predicted octanol–water partition coefficient (Wildman–Crippen LogP) is 2.90. The molecule has 0 saturated heterocycles. The molecule has 1 aliphatic rings. The largest absolute Gasteiger partial charge is 0.487 e. The first-order chi connectivity index (χ1) is 12.1. The number of nitrogen functional groups attached to an aromatic ring is 1. The zero-order valence-corrected chi connectivity index (χ0v) is 15.4. The smallest absolute Gasteiger partial charge is 0.239 e. The number of benzene rings is 1. The highest BCUT2D eigenvalue weighted by Gasteiger charge is 2.25. The number of ether oxygens (including phenoxy) is 1. The number of hydrogen-bond acceptors (Lipinski definition) is 6. The van der Waals surface area contributed by atoms with E-state index >= 15 is 0 Å². The maximum absolute atomic E-state index is 12.2. The Morgan fingerprint density at radius 1 is 1.52 bits per heavy atom. The quantitative estimate of drug-likeness (QED) is 0.774. The van der Waals surface area contributed by atoms with Gasteiger partial charge in [0.1, 0.15) is 11.9 Å². The molecule has 0 radical (unpaired) electrons. The van der Waals surface area contributed by atoms with Crippen molar-refractivity contribution < 1.29 is 9.53 Å². The first-order valence-electron chi connectivity index (χ1n) is 8.60. The van der Waals surface area contributed by atoms with E-state index in [4.69, 9.17) is 10.5 Å². The van der Waals surface area contributed by atoms with Crippen LogP contribution in [-0.4, -0.2) is 36.6 Å². The van der Waals surface area contributed by atoms with Gasteiger partial charge in [-0.2, -0.15) is 0 Å². The molecule has 1 aromatic heterocycles. The van der Waals surface area contributed by atoms with Gasteiger partial charge in [-0.05, 0) is 31.5 Å². The molecular formula is C18H24N4O2S. The Balaban J connectivity index is 1.80. The number of amides is 1. The zero-order valence-electron chi connectivity index (χ0n) is 14.6. The summed E-state index contributed by atoms with van der Waals surface area (Å²) in [5.74, 6) is 0.837. The Morgan fingerprint density at radius 2 is 2.36 bits per heavy atom. The summed E-state index contributed by atoms with van der Waals surface area (Å²) in [4.78, 5) is 18.7. The van der Waals surface area contributed by atoms with Gasteiger partial charge in [0.05, 0.1) is 24.5 Å². The third-order valence-electron chi connectivity index (χ3n) is 4.11. The van der Waals surface area contributed by atoms with Gasteiger partial charge in [0.25, 0.3) is 0 Å². The van der Waals surface area contributed by atoms with E-state index in [1.807, 2.05) is 30.5 Å². The third-order valence-corrected chi connectivity index (χ3v) is 4.78. The maximum Gasteiger partial charge on any atom is 0.239 e. The Hall–Kier alpha value is -2.28. The number of anilines is 2. The molecular weight excluding hydrogens is 336 g/mol. The molecule has 0 bridgehead atoms. The molecule has 25 heavy (non-hydrogen) atoms. The zero-order chi connectivity index (χ0) is 17.8. The van der Waals surface area contributed by atoms with E-state index in [0.717, 1.165) is 42.1 Å². The number of rotatable bonds is 6. The van der Waals surface area contributed by atoms with Crippen molar-refractivity contribution in [1.82, 2.24) is 10.3 Å². The summed E-state index contributed by atoms with van der Waals surface area (Å²) in [6, 6.07) is 5.94. The van der Waals surface area contributed by atoms with E-state index in [1.165, 1.54) is 11.3 Å². The Labute approximate surface area is 152 Å². The molecule has 3 N–H and O–H groups in total. The van der Waals surface area contributed by atoms with Crippen molar-refractivity contribution in [2.45, 2.75) is 32.8 Å². The minimum Gasteiger partial charge on any atom is -0.487 e. The molecule has 7 heteroatoms. The second-order valence-corrected chi connectivity index (χ2v) is 7.16. The van der Waals surface area contributed by atoms with E-state index in [0.29, 0.717) is 18.2 Å². The monoisotopic (exact) mass is 360 g/mol. The van der Waals surface area contributed by atoms with Crippen LogP contribution < -0.4 is 20.7 Å². The van der Waals surface area contributed by atoms with Crippen LogP contribution in [0.3, 0.4) is 0 Å². The number of carbonyl (C=O) groups is 1. The molecule has 3 rings (SSSR count). The minimum atomic E-state index is 0.0386. The van der Waals surface area contributed by atoms with Gasteiger partial charge in [-0.3, -0.25) is 4.79 Å². The fourth-order valence-electron chi connectivity index (χ4n) is 2.89. The first-order valence-corrected chi connectivity index (χ1v) is 9.48. The van der Waals surface area contributed by atoms with Gasteiger partial charge in [-0.15, -0.1) is 11.3 Å². The van der Waals surface area contributed by atoms with Crippen molar-refractivity contribution in [2.24, 2.45) is 0 Å². The Morgan fingerprint density at radius 3 is 3.08 bits per heavy atom. The van der Waals surface area contributed by atoms with Gasteiger partial charge in [0.15, 0.2) is 5.13 Å². The number of unbranched alkanes of at least 4 members (excludes halogenated alkanes) is 1. The van der Waals surface area contributed by atoms with Crippen LogP contribution in [0.25, 0.3) is 11.3 Å². The molecule has 1 atom stereocenters. The number of fused-ring (bicyclic) bond motifs is 1. The SMILES string of the molecule is CCCCNC(=O)CN1CC(C)Oc2ccc(-c3csc(N)n3)cc21. The van der Waals surface area contributed by atoms with Crippen molar-refractivity contribution in [3.05, 3.63) is 23.6 Å². The lowest BCUT2D eigenvalue weighted by molar-refractivity contribution is -0.119. The van der Waals surface area contributed by atoms with Crippen LogP contribution in [0.5, 0.6) is 5.75 Å². The van der Waals surface area contributed by atoms with Crippen molar-refractivity contribution in [1.29, 1.82) is 0 Å². The second kappa shape index (κ2) is 7.74. The van der Waals surface area contributed by atoms with Crippen LogP contribution >= 0.6 is 11.3 Å². The first kappa shape index (κ1) is 17.5. The van der Waals surface area contributed by atoms with Crippen molar-refractivity contribution >= 4 is 28.1 Å². The van der Waals surface area contributed by atoms with Crippen molar-refractivity contribution in [2.75, 3.05) is 30.3 Å². The molecule has 6 nitrogen and oxygen atoms in total. The Kier molecular flexibility index (Phi) is 5.43. The molecule has 1 amide bonds. The van der Waals surface area contributed by atoms with Gasteiger partial charge in [0, 0.05) is 17.5 Å². The van der Waals surface area contributed by atoms with Crippen LogP contribution in [0.1, 0.15) is 26.7 Å².